The molecule has 0 saturated carbocycles. The molecule has 1 rings (SSSR count). The fourth-order valence-electron chi connectivity index (χ4n) is 1.84. The molecule has 0 heterocycles. The van der Waals surface area contributed by atoms with Crippen LogP contribution in [0.15, 0.2) is 18.2 Å². The summed E-state index contributed by atoms with van der Waals surface area (Å²) < 4.78 is 48.3. The Balaban J connectivity index is 2.69. The van der Waals surface area contributed by atoms with Gasteiger partial charge in [0, 0.05) is 18.8 Å². The molecule has 0 fully saturated rings. The van der Waals surface area contributed by atoms with Crippen LogP contribution in [-0.4, -0.2) is 50.1 Å². The average molecular weight is 307 g/mol. The van der Waals surface area contributed by atoms with E-state index in [0.29, 0.717) is 0 Å². The number of likely N-dealkylation sites (N-methyl/N-ethyl adjacent to an activating group) is 1. The van der Waals surface area contributed by atoms with Gasteiger partial charge in [-0.15, -0.1) is 0 Å². The lowest BCUT2D eigenvalue weighted by atomic mass is 10.1. The summed E-state index contributed by atoms with van der Waals surface area (Å²) in [5, 5.41) is 9.97. The van der Waals surface area contributed by atoms with Crippen molar-refractivity contribution in [2.75, 3.05) is 25.6 Å². The van der Waals surface area contributed by atoms with E-state index < -0.39 is 27.6 Å². The zero-order chi connectivity index (χ0) is 15.5. The van der Waals surface area contributed by atoms with Crippen LogP contribution < -0.4 is 0 Å². The fourth-order valence-corrected chi connectivity index (χ4v) is 2.97. The molecular formula is C13H19F2NO3S. The molecule has 7 heteroatoms. The van der Waals surface area contributed by atoms with E-state index in [1.807, 2.05) is 0 Å². The molecule has 2 atom stereocenters. The number of halogens is 2. The summed E-state index contributed by atoms with van der Waals surface area (Å²) in [6.45, 7) is 1.85. The van der Waals surface area contributed by atoms with Gasteiger partial charge in [-0.05, 0) is 31.7 Å². The predicted octanol–water partition coefficient (Wildman–Crippen LogP) is 1.36. The van der Waals surface area contributed by atoms with Crippen molar-refractivity contribution in [3.05, 3.63) is 35.4 Å². The van der Waals surface area contributed by atoms with Crippen LogP contribution in [0.5, 0.6) is 0 Å². The first-order chi connectivity index (χ1) is 9.10. The number of hydrogen-bond acceptors (Lipinski definition) is 4. The highest BCUT2D eigenvalue weighted by molar-refractivity contribution is 7.90. The third-order valence-corrected chi connectivity index (χ3v) is 4.17. The second-order valence-electron chi connectivity index (χ2n) is 5.07. The van der Waals surface area contributed by atoms with Gasteiger partial charge in [0.2, 0.25) is 0 Å². The van der Waals surface area contributed by atoms with Crippen molar-refractivity contribution < 1.29 is 22.3 Å². The Morgan fingerprint density at radius 2 is 1.90 bits per heavy atom. The maximum absolute atomic E-state index is 13.1. The van der Waals surface area contributed by atoms with Crippen molar-refractivity contribution in [2.24, 2.45) is 0 Å². The molecule has 0 bridgehead atoms. The normalized spacial score (nSPS) is 15.3. The predicted molar refractivity (Wildman–Crippen MR) is 73.1 cm³/mol. The molecule has 20 heavy (non-hydrogen) atoms. The summed E-state index contributed by atoms with van der Waals surface area (Å²) in [5.74, 6) is -2.03. The maximum atomic E-state index is 13.1. The Kier molecular flexibility index (Phi) is 5.61. The molecular weight excluding hydrogens is 288 g/mol. The quantitative estimate of drug-likeness (QED) is 0.862. The molecule has 0 aliphatic heterocycles. The van der Waals surface area contributed by atoms with Crippen molar-refractivity contribution in [1.29, 1.82) is 0 Å². The average Bonchev–Trinajstić information content (AvgIpc) is 2.30. The van der Waals surface area contributed by atoms with Gasteiger partial charge in [0.15, 0.2) is 11.6 Å². The van der Waals surface area contributed by atoms with E-state index in [4.69, 9.17) is 0 Å². The molecule has 2 unspecified atom stereocenters. The molecule has 0 amide bonds. The van der Waals surface area contributed by atoms with Gasteiger partial charge in [-0.3, -0.25) is 4.90 Å². The van der Waals surface area contributed by atoms with E-state index in [1.54, 1.807) is 18.9 Å². The standard InChI is InChI=1S/C13H19F2NO3S/c1-9(8-20(3,18)19)16(2)7-13(17)10-4-5-11(14)12(15)6-10/h4-6,9,13,17H,7-8H2,1-3H3. The van der Waals surface area contributed by atoms with E-state index in [9.17, 15) is 22.3 Å². The topological polar surface area (TPSA) is 57.6 Å². The van der Waals surface area contributed by atoms with Crippen LogP contribution in [0.1, 0.15) is 18.6 Å². The summed E-state index contributed by atoms with van der Waals surface area (Å²) >= 11 is 0. The van der Waals surface area contributed by atoms with Gasteiger partial charge in [0.1, 0.15) is 9.84 Å². The van der Waals surface area contributed by atoms with Gasteiger partial charge in [0.05, 0.1) is 11.9 Å². The highest BCUT2D eigenvalue weighted by Crippen LogP contribution is 2.18. The fraction of sp³-hybridized carbons (Fsp3) is 0.538. The minimum atomic E-state index is -3.11. The van der Waals surface area contributed by atoms with Crippen LogP contribution in [-0.2, 0) is 9.84 Å². The molecule has 0 aliphatic rings. The van der Waals surface area contributed by atoms with Gasteiger partial charge >= 0.3 is 0 Å². The summed E-state index contributed by atoms with van der Waals surface area (Å²) in [4.78, 5) is 1.66. The third-order valence-electron chi connectivity index (χ3n) is 3.09. The summed E-state index contributed by atoms with van der Waals surface area (Å²) in [7, 11) is -1.45. The lowest BCUT2D eigenvalue weighted by molar-refractivity contribution is 0.112. The van der Waals surface area contributed by atoms with Crippen LogP contribution in [0.2, 0.25) is 0 Å². The van der Waals surface area contributed by atoms with Crippen molar-refractivity contribution >= 4 is 9.84 Å². The first kappa shape index (κ1) is 17.0. The van der Waals surface area contributed by atoms with E-state index in [1.165, 1.54) is 6.07 Å². The second kappa shape index (κ2) is 6.60. The molecule has 0 spiro atoms. The molecule has 1 aromatic rings. The number of aliphatic hydroxyl groups is 1. The van der Waals surface area contributed by atoms with Crippen molar-refractivity contribution in [3.8, 4) is 0 Å². The molecule has 0 aromatic heterocycles. The lowest BCUT2D eigenvalue weighted by Gasteiger charge is -2.26. The van der Waals surface area contributed by atoms with Crippen molar-refractivity contribution in [3.63, 3.8) is 0 Å². The maximum Gasteiger partial charge on any atom is 0.159 e. The van der Waals surface area contributed by atoms with Gasteiger partial charge in [-0.25, -0.2) is 17.2 Å². The minimum Gasteiger partial charge on any atom is -0.387 e. The SMILES string of the molecule is CC(CS(C)(=O)=O)N(C)CC(O)c1ccc(F)c(F)c1. The highest BCUT2D eigenvalue weighted by atomic mass is 32.2. The number of nitrogens with zero attached hydrogens (tertiary/aromatic N) is 1. The van der Waals surface area contributed by atoms with E-state index in [2.05, 4.69) is 0 Å². The first-order valence-corrected chi connectivity index (χ1v) is 8.17. The third kappa shape index (κ3) is 5.15. The van der Waals surface area contributed by atoms with Crippen LogP contribution in [0.3, 0.4) is 0 Å². The van der Waals surface area contributed by atoms with Crippen LogP contribution in [0.25, 0.3) is 0 Å². The van der Waals surface area contributed by atoms with Crippen LogP contribution in [0, 0.1) is 11.6 Å². The largest absolute Gasteiger partial charge is 0.387 e. The molecule has 0 saturated heterocycles. The monoisotopic (exact) mass is 307 g/mol. The van der Waals surface area contributed by atoms with E-state index >= 15 is 0 Å². The van der Waals surface area contributed by atoms with Gasteiger partial charge in [0.25, 0.3) is 0 Å². The Labute approximate surface area is 117 Å². The Morgan fingerprint density at radius 3 is 2.40 bits per heavy atom. The molecule has 1 N–H and O–H groups in total. The molecule has 114 valence electrons. The molecule has 0 radical (unpaired) electrons. The van der Waals surface area contributed by atoms with E-state index in [-0.39, 0.29) is 23.9 Å². The van der Waals surface area contributed by atoms with Crippen LogP contribution >= 0.6 is 0 Å². The Morgan fingerprint density at radius 1 is 1.30 bits per heavy atom. The number of aliphatic hydroxyl groups excluding tert-OH is 1. The zero-order valence-corrected chi connectivity index (χ0v) is 12.5. The Bertz CT molecular complexity index is 563. The number of hydrogen-bond donors (Lipinski definition) is 1. The molecule has 0 aliphatic carbocycles. The van der Waals surface area contributed by atoms with Gasteiger partial charge in [-0.1, -0.05) is 6.07 Å². The molecule has 4 nitrogen and oxygen atoms in total. The van der Waals surface area contributed by atoms with Crippen molar-refractivity contribution in [2.45, 2.75) is 19.1 Å². The van der Waals surface area contributed by atoms with Gasteiger partial charge in [-0.2, -0.15) is 0 Å². The number of benzene rings is 1. The van der Waals surface area contributed by atoms with Gasteiger partial charge < -0.3 is 5.11 Å². The smallest absolute Gasteiger partial charge is 0.159 e. The summed E-state index contributed by atoms with van der Waals surface area (Å²) in [6, 6.07) is 2.91. The first-order valence-electron chi connectivity index (χ1n) is 6.11. The summed E-state index contributed by atoms with van der Waals surface area (Å²) in [6.07, 6.45) is 0.125. The summed E-state index contributed by atoms with van der Waals surface area (Å²) in [5.41, 5.74) is 0.252. The Hall–Kier alpha value is -1.05. The number of rotatable bonds is 6. The van der Waals surface area contributed by atoms with E-state index in [0.717, 1.165) is 18.4 Å². The second-order valence-corrected chi connectivity index (χ2v) is 7.26. The minimum absolute atomic E-state index is 0.0337. The molecule has 1 aromatic carbocycles. The zero-order valence-electron chi connectivity index (χ0n) is 11.7. The highest BCUT2D eigenvalue weighted by Gasteiger charge is 2.19. The lowest BCUT2D eigenvalue weighted by Crippen LogP contribution is -2.37. The number of sulfone groups is 1. The van der Waals surface area contributed by atoms with Crippen LogP contribution in [0.4, 0.5) is 8.78 Å². The van der Waals surface area contributed by atoms with Crippen molar-refractivity contribution in [1.82, 2.24) is 4.90 Å².